The highest BCUT2D eigenvalue weighted by atomic mass is 19.1. The molecule has 0 bridgehead atoms. The summed E-state index contributed by atoms with van der Waals surface area (Å²) in [6, 6.07) is 6.23. The topological polar surface area (TPSA) is 80.9 Å². The third-order valence-electron chi connectivity index (χ3n) is 2.87. The van der Waals surface area contributed by atoms with Gasteiger partial charge in [0.2, 0.25) is 0 Å². The zero-order chi connectivity index (χ0) is 14.5. The first-order valence-electron chi connectivity index (χ1n) is 6.26. The lowest BCUT2D eigenvalue weighted by atomic mass is 10.1. The average Bonchev–Trinajstić information content (AvgIpc) is 2.75. The molecule has 0 spiro atoms. The molecule has 1 atom stereocenters. The number of benzene rings is 1. The van der Waals surface area contributed by atoms with Gasteiger partial charge in [0.25, 0.3) is 0 Å². The molecule has 1 N–H and O–H groups in total. The molecule has 1 aromatic carbocycles. The molecule has 1 aromatic heterocycles. The van der Waals surface area contributed by atoms with E-state index in [2.05, 4.69) is 15.5 Å². The Morgan fingerprint density at radius 2 is 2.30 bits per heavy atom. The minimum absolute atomic E-state index is 0.0548. The van der Waals surface area contributed by atoms with E-state index in [1.807, 2.05) is 6.92 Å². The van der Waals surface area contributed by atoms with Crippen molar-refractivity contribution < 1.29 is 14.3 Å². The molecule has 2 rings (SSSR count). The van der Waals surface area contributed by atoms with Crippen LogP contribution in [0.5, 0.6) is 0 Å². The Kier molecular flexibility index (Phi) is 4.39. The molecule has 7 heteroatoms. The summed E-state index contributed by atoms with van der Waals surface area (Å²) < 4.78 is 14.7. The predicted octanol–water partition coefficient (Wildman–Crippen LogP) is 1.51. The van der Waals surface area contributed by atoms with Crippen LogP contribution in [-0.2, 0) is 17.8 Å². The van der Waals surface area contributed by atoms with Crippen molar-refractivity contribution in [2.75, 3.05) is 0 Å². The minimum atomic E-state index is -0.850. The van der Waals surface area contributed by atoms with Crippen LogP contribution in [0, 0.1) is 11.7 Å². The lowest BCUT2D eigenvalue weighted by Crippen LogP contribution is -2.15. The monoisotopic (exact) mass is 278 g/mol. The van der Waals surface area contributed by atoms with Crippen molar-refractivity contribution in [3.8, 4) is 0 Å². The van der Waals surface area contributed by atoms with Gasteiger partial charge >= 0.3 is 5.97 Å². The molecule has 2 aromatic rings. The second kappa shape index (κ2) is 6.23. The van der Waals surface area contributed by atoms with Crippen LogP contribution < -0.4 is 0 Å². The summed E-state index contributed by atoms with van der Waals surface area (Å²) in [5.41, 5.74) is 0.770. The molecule has 6 nitrogen and oxygen atoms in total. The number of rotatable bonds is 6. The molecule has 0 radical (unpaired) electrons. The van der Waals surface area contributed by atoms with Gasteiger partial charge < -0.3 is 5.11 Å². The summed E-state index contributed by atoms with van der Waals surface area (Å²) in [7, 11) is 0. The molecule has 20 heavy (non-hydrogen) atoms. The Labute approximate surface area is 115 Å². The standard InChI is InChI=1S/C13H15FN4O2/c1-9(5-13(19)20)8-18-12(15-16-17-18)7-10-3-2-4-11(14)6-10/h2-4,6,9H,5,7-8H2,1H3,(H,19,20). The van der Waals surface area contributed by atoms with E-state index in [1.54, 1.807) is 16.8 Å². The number of aliphatic carboxylic acids is 1. The van der Waals surface area contributed by atoms with Gasteiger partial charge in [-0.2, -0.15) is 0 Å². The molecule has 0 fully saturated rings. The first-order chi connectivity index (χ1) is 9.54. The lowest BCUT2D eigenvalue weighted by molar-refractivity contribution is -0.138. The summed E-state index contributed by atoms with van der Waals surface area (Å²) in [4.78, 5) is 10.6. The Morgan fingerprint density at radius 3 is 3.00 bits per heavy atom. The van der Waals surface area contributed by atoms with Gasteiger partial charge in [-0.1, -0.05) is 19.1 Å². The van der Waals surface area contributed by atoms with Gasteiger partial charge in [-0.3, -0.25) is 4.79 Å². The number of carbonyl (C=O) groups is 1. The van der Waals surface area contributed by atoms with Crippen molar-refractivity contribution in [1.29, 1.82) is 0 Å². The summed E-state index contributed by atoms with van der Waals surface area (Å²) in [6.07, 6.45) is 0.462. The van der Waals surface area contributed by atoms with Crippen molar-refractivity contribution in [3.63, 3.8) is 0 Å². The molecule has 0 aliphatic carbocycles. The molecule has 0 aliphatic heterocycles. The molecule has 1 heterocycles. The van der Waals surface area contributed by atoms with Crippen LogP contribution in [0.15, 0.2) is 24.3 Å². The predicted molar refractivity (Wildman–Crippen MR) is 68.4 cm³/mol. The van der Waals surface area contributed by atoms with E-state index in [-0.39, 0.29) is 18.2 Å². The summed E-state index contributed by atoms with van der Waals surface area (Å²) >= 11 is 0. The third kappa shape index (κ3) is 3.84. The van der Waals surface area contributed by atoms with Crippen LogP contribution in [0.1, 0.15) is 24.7 Å². The zero-order valence-corrected chi connectivity index (χ0v) is 11.0. The zero-order valence-electron chi connectivity index (χ0n) is 11.0. The third-order valence-corrected chi connectivity index (χ3v) is 2.87. The Hall–Kier alpha value is -2.31. The van der Waals surface area contributed by atoms with Crippen LogP contribution in [0.2, 0.25) is 0 Å². The number of carboxylic acids is 1. The first kappa shape index (κ1) is 14.1. The van der Waals surface area contributed by atoms with Crippen molar-refractivity contribution in [3.05, 3.63) is 41.5 Å². The maximum Gasteiger partial charge on any atom is 0.303 e. The number of halogens is 1. The van der Waals surface area contributed by atoms with Crippen LogP contribution in [0.4, 0.5) is 4.39 Å². The van der Waals surface area contributed by atoms with Crippen LogP contribution in [0.3, 0.4) is 0 Å². The van der Waals surface area contributed by atoms with E-state index in [0.29, 0.717) is 18.8 Å². The van der Waals surface area contributed by atoms with Crippen molar-refractivity contribution >= 4 is 5.97 Å². The minimum Gasteiger partial charge on any atom is -0.481 e. The van der Waals surface area contributed by atoms with E-state index in [1.165, 1.54) is 12.1 Å². The second-order valence-electron chi connectivity index (χ2n) is 4.79. The highest BCUT2D eigenvalue weighted by Gasteiger charge is 2.13. The van der Waals surface area contributed by atoms with Gasteiger partial charge in [0.15, 0.2) is 5.82 Å². The van der Waals surface area contributed by atoms with Gasteiger partial charge in [0, 0.05) is 19.4 Å². The maximum atomic E-state index is 13.1. The molecular weight excluding hydrogens is 263 g/mol. The molecule has 1 unspecified atom stereocenters. The largest absolute Gasteiger partial charge is 0.481 e. The quantitative estimate of drug-likeness (QED) is 0.866. The van der Waals surface area contributed by atoms with Gasteiger partial charge in [0.05, 0.1) is 0 Å². The van der Waals surface area contributed by atoms with Crippen molar-refractivity contribution in [2.24, 2.45) is 5.92 Å². The summed E-state index contributed by atoms with van der Waals surface area (Å²) in [5.74, 6) is -0.645. The molecule has 106 valence electrons. The Bertz CT molecular complexity index is 600. The van der Waals surface area contributed by atoms with Gasteiger partial charge in [-0.05, 0) is 34.0 Å². The fourth-order valence-corrected chi connectivity index (χ4v) is 1.98. The Morgan fingerprint density at radius 1 is 1.50 bits per heavy atom. The summed E-state index contributed by atoms with van der Waals surface area (Å²) in [5, 5.41) is 20.1. The van der Waals surface area contributed by atoms with Crippen LogP contribution in [-0.4, -0.2) is 31.3 Å². The molecular formula is C13H15FN4O2. The average molecular weight is 278 g/mol. The van der Waals surface area contributed by atoms with Gasteiger partial charge in [0.1, 0.15) is 5.82 Å². The normalized spacial score (nSPS) is 12.3. The van der Waals surface area contributed by atoms with E-state index in [9.17, 15) is 9.18 Å². The molecule has 0 aliphatic rings. The number of tetrazole rings is 1. The van der Waals surface area contributed by atoms with Crippen molar-refractivity contribution in [1.82, 2.24) is 20.2 Å². The first-order valence-corrected chi connectivity index (χ1v) is 6.26. The SMILES string of the molecule is CC(CC(=O)O)Cn1nnnc1Cc1cccc(F)c1. The highest BCUT2D eigenvalue weighted by molar-refractivity contribution is 5.66. The number of nitrogens with zero attached hydrogens (tertiary/aromatic N) is 4. The van der Waals surface area contributed by atoms with Crippen molar-refractivity contribution in [2.45, 2.75) is 26.3 Å². The second-order valence-corrected chi connectivity index (χ2v) is 4.79. The maximum absolute atomic E-state index is 13.1. The Balaban J connectivity index is 2.07. The molecule has 0 saturated carbocycles. The van der Waals surface area contributed by atoms with E-state index >= 15 is 0 Å². The summed E-state index contributed by atoms with van der Waals surface area (Å²) in [6.45, 7) is 2.24. The fraction of sp³-hybridized carbons (Fsp3) is 0.385. The number of hydrogen-bond donors (Lipinski definition) is 1. The van der Waals surface area contributed by atoms with Crippen LogP contribution >= 0.6 is 0 Å². The molecule has 0 amide bonds. The smallest absolute Gasteiger partial charge is 0.303 e. The number of carboxylic acid groups (broad SMARTS) is 1. The fourth-order valence-electron chi connectivity index (χ4n) is 1.98. The van der Waals surface area contributed by atoms with Gasteiger partial charge in [-0.15, -0.1) is 5.10 Å². The lowest BCUT2D eigenvalue weighted by Gasteiger charge is -2.10. The van der Waals surface area contributed by atoms with E-state index < -0.39 is 5.97 Å². The van der Waals surface area contributed by atoms with E-state index in [0.717, 1.165) is 5.56 Å². The highest BCUT2D eigenvalue weighted by Crippen LogP contribution is 2.11. The molecule has 0 saturated heterocycles. The number of hydrogen-bond acceptors (Lipinski definition) is 4. The number of aromatic nitrogens is 4. The van der Waals surface area contributed by atoms with E-state index in [4.69, 9.17) is 5.11 Å². The van der Waals surface area contributed by atoms with Crippen LogP contribution in [0.25, 0.3) is 0 Å². The van der Waals surface area contributed by atoms with Gasteiger partial charge in [-0.25, -0.2) is 9.07 Å².